The quantitative estimate of drug-likeness (QED) is 0.783. The van der Waals surface area contributed by atoms with Crippen LogP contribution in [0.25, 0.3) is 0 Å². The Morgan fingerprint density at radius 2 is 2.06 bits per heavy atom. The number of carbonyl (C=O) groups is 1. The molecule has 0 aliphatic carbocycles. The first-order chi connectivity index (χ1) is 8.15. The van der Waals surface area contributed by atoms with Gasteiger partial charge in [0.25, 0.3) is 5.91 Å². The van der Waals surface area contributed by atoms with Gasteiger partial charge >= 0.3 is 0 Å². The second-order valence-electron chi connectivity index (χ2n) is 3.63. The summed E-state index contributed by atoms with van der Waals surface area (Å²) in [6.07, 6.45) is 1.07. The Morgan fingerprint density at radius 1 is 1.33 bits per heavy atom. The highest BCUT2D eigenvalue weighted by Crippen LogP contribution is 2.17. The molecule has 2 N–H and O–H groups in total. The van der Waals surface area contributed by atoms with E-state index in [1.165, 1.54) is 18.2 Å². The third-order valence-corrected chi connectivity index (χ3v) is 2.85. The largest absolute Gasteiger partial charge is 0.351 e. The first-order valence-electron chi connectivity index (χ1n) is 5.59. The highest BCUT2D eigenvalue weighted by molar-refractivity contribution is 9.10. The van der Waals surface area contributed by atoms with E-state index >= 15 is 0 Å². The molecule has 0 unspecified atom stereocenters. The summed E-state index contributed by atoms with van der Waals surface area (Å²) >= 11 is 3.17. The molecule has 3 nitrogen and oxygen atoms in total. The molecule has 0 radical (unpaired) electrons. The molecule has 0 aliphatic heterocycles. The van der Waals surface area contributed by atoms with Crippen molar-refractivity contribution in [2.24, 2.45) is 0 Å². The number of halogens is 3. The number of benzene rings is 1. The van der Waals surface area contributed by atoms with Crippen LogP contribution in [0.4, 0.5) is 4.39 Å². The van der Waals surface area contributed by atoms with E-state index in [1.54, 1.807) is 0 Å². The molecule has 0 spiro atoms. The monoisotopic (exact) mass is 338 g/mol. The second kappa shape index (κ2) is 9.30. The smallest absolute Gasteiger partial charge is 0.252 e. The molecular weight excluding hydrogens is 322 g/mol. The van der Waals surface area contributed by atoms with Crippen molar-refractivity contribution in [2.45, 2.75) is 13.3 Å². The minimum Gasteiger partial charge on any atom is -0.351 e. The summed E-state index contributed by atoms with van der Waals surface area (Å²) in [7, 11) is 0. The normalized spacial score (nSPS) is 9.72. The van der Waals surface area contributed by atoms with Crippen molar-refractivity contribution in [2.75, 3.05) is 19.6 Å². The summed E-state index contributed by atoms with van der Waals surface area (Å²) in [4.78, 5) is 11.7. The van der Waals surface area contributed by atoms with Gasteiger partial charge in [0, 0.05) is 17.6 Å². The maximum absolute atomic E-state index is 12.8. The van der Waals surface area contributed by atoms with Crippen molar-refractivity contribution in [3.8, 4) is 0 Å². The number of hydrogen-bond donors (Lipinski definition) is 2. The van der Waals surface area contributed by atoms with E-state index in [-0.39, 0.29) is 24.1 Å². The summed E-state index contributed by atoms with van der Waals surface area (Å²) in [5.74, 6) is -0.562. The van der Waals surface area contributed by atoms with Gasteiger partial charge < -0.3 is 10.6 Å². The van der Waals surface area contributed by atoms with E-state index in [4.69, 9.17) is 0 Å². The van der Waals surface area contributed by atoms with Crippen molar-refractivity contribution in [3.05, 3.63) is 34.1 Å². The van der Waals surface area contributed by atoms with E-state index in [0.29, 0.717) is 16.6 Å². The molecule has 18 heavy (non-hydrogen) atoms. The summed E-state index contributed by atoms with van der Waals surface area (Å²) in [5.41, 5.74) is 0.446. The van der Waals surface area contributed by atoms with Gasteiger partial charge in [0.2, 0.25) is 0 Å². The van der Waals surface area contributed by atoms with Crippen molar-refractivity contribution >= 4 is 34.2 Å². The van der Waals surface area contributed by atoms with Crippen molar-refractivity contribution < 1.29 is 9.18 Å². The van der Waals surface area contributed by atoms with E-state index in [9.17, 15) is 9.18 Å². The highest BCUT2D eigenvalue weighted by Gasteiger charge is 2.09. The maximum Gasteiger partial charge on any atom is 0.252 e. The van der Waals surface area contributed by atoms with Gasteiger partial charge in [0.05, 0.1) is 5.56 Å². The van der Waals surface area contributed by atoms with Gasteiger partial charge in [-0.25, -0.2) is 4.39 Å². The topological polar surface area (TPSA) is 41.1 Å². The molecule has 0 saturated carbocycles. The van der Waals surface area contributed by atoms with Crippen LogP contribution < -0.4 is 10.6 Å². The fraction of sp³-hybridized carbons (Fsp3) is 0.417. The molecule has 0 fully saturated rings. The number of carbonyl (C=O) groups excluding carboxylic acids is 1. The molecule has 6 heteroatoms. The summed E-state index contributed by atoms with van der Waals surface area (Å²) < 4.78 is 13.3. The van der Waals surface area contributed by atoms with Crippen molar-refractivity contribution in [1.29, 1.82) is 0 Å². The Balaban J connectivity index is 0.00000289. The average Bonchev–Trinajstić information content (AvgIpc) is 2.28. The molecule has 102 valence electrons. The standard InChI is InChI=1S/C12H16BrFN2O.ClH/c1-2-5-15-6-7-16-12(17)10-4-3-9(14)8-11(10)13;/h3-4,8,15H,2,5-7H2,1H3,(H,16,17);1H. The SMILES string of the molecule is CCCNCCNC(=O)c1ccc(F)cc1Br.Cl. The first kappa shape index (κ1) is 17.4. The Morgan fingerprint density at radius 3 is 2.67 bits per heavy atom. The number of hydrogen-bond acceptors (Lipinski definition) is 2. The minimum absolute atomic E-state index is 0. The van der Waals surface area contributed by atoms with Gasteiger partial charge in [-0.1, -0.05) is 6.92 Å². The molecule has 1 aromatic rings. The van der Waals surface area contributed by atoms with Gasteiger partial charge in [-0.3, -0.25) is 4.79 Å². The first-order valence-corrected chi connectivity index (χ1v) is 6.38. The second-order valence-corrected chi connectivity index (χ2v) is 4.48. The lowest BCUT2D eigenvalue weighted by molar-refractivity contribution is 0.0953. The fourth-order valence-corrected chi connectivity index (χ4v) is 1.87. The van der Waals surface area contributed by atoms with Crippen LogP contribution in [0.1, 0.15) is 23.7 Å². The number of nitrogens with one attached hydrogen (secondary N) is 2. The zero-order valence-corrected chi connectivity index (χ0v) is 12.5. The fourth-order valence-electron chi connectivity index (χ4n) is 1.34. The van der Waals surface area contributed by atoms with Crippen LogP contribution in [0, 0.1) is 5.82 Å². The van der Waals surface area contributed by atoms with Crippen LogP contribution in [-0.4, -0.2) is 25.5 Å². The van der Waals surface area contributed by atoms with E-state index < -0.39 is 0 Å². The van der Waals surface area contributed by atoms with Crippen molar-refractivity contribution in [1.82, 2.24) is 10.6 Å². The van der Waals surface area contributed by atoms with E-state index in [1.807, 2.05) is 0 Å². The van der Waals surface area contributed by atoms with Crippen molar-refractivity contribution in [3.63, 3.8) is 0 Å². The van der Waals surface area contributed by atoms with E-state index in [2.05, 4.69) is 33.5 Å². The predicted octanol–water partition coefficient (Wildman–Crippen LogP) is 2.74. The lowest BCUT2D eigenvalue weighted by Gasteiger charge is -2.07. The molecule has 0 saturated heterocycles. The Hall–Kier alpha value is -0.650. The van der Waals surface area contributed by atoms with Gasteiger partial charge in [0.1, 0.15) is 5.82 Å². The van der Waals surface area contributed by atoms with Crippen LogP contribution in [0.15, 0.2) is 22.7 Å². The third-order valence-electron chi connectivity index (χ3n) is 2.19. The van der Waals surface area contributed by atoms with Gasteiger partial charge in [-0.2, -0.15) is 0 Å². The van der Waals surface area contributed by atoms with Gasteiger partial charge in [-0.05, 0) is 47.1 Å². The molecular formula is C12H17BrClFN2O. The van der Waals surface area contributed by atoms with Crippen LogP contribution in [0.3, 0.4) is 0 Å². The zero-order chi connectivity index (χ0) is 12.7. The van der Waals surface area contributed by atoms with Gasteiger partial charge in [-0.15, -0.1) is 12.4 Å². The summed E-state index contributed by atoms with van der Waals surface area (Å²) in [6, 6.07) is 4.02. The highest BCUT2D eigenvalue weighted by atomic mass is 79.9. The third kappa shape index (κ3) is 5.80. The molecule has 0 heterocycles. The zero-order valence-electron chi connectivity index (χ0n) is 10.1. The predicted molar refractivity (Wildman–Crippen MR) is 76.8 cm³/mol. The average molecular weight is 340 g/mol. The number of amides is 1. The molecule has 0 atom stereocenters. The summed E-state index contributed by atoms with van der Waals surface area (Å²) in [6.45, 7) is 4.32. The molecule has 0 bridgehead atoms. The molecule has 0 aromatic heterocycles. The molecule has 1 rings (SSSR count). The van der Waals surface area contributed by atoms with E-state index in [0.717, 1.165) is 19.5 Å². The molecule has 0 aliphatic rings. The maximum atomic E-state index is 12.8. The molecule has 1 aromatic carbocycles. The Labute approximate surface area is 121 Å². The van der Waals surface area contributed by atoms with Crippen LogP contribution in [0.5, 0.6) is 0 Å². The minimum atomic E-state index is -0.363. The van der Waals surface area contributed by atoms with Crippen LogP contribution >= 0.6 is 28.3 Å². The van der Waals surface area contributed by atoms with Crippen LogP contribution in [0.2, 0.25) is 0 Å². The van der Waals surface area contributed by atoms with Crippen LogP contribution in [-0.2, 0) is 0 Å². The Kier molecular flexibility index (Phi) is 8.97. The molecule has 1 amide bonds. The number of rotatable bonds is 6. The lowest BCUT2D eigenvalue weighted by atomic mass is 10.2. The van der Waals surface area contributed by atoms with Gasteiger partial charge in [0.15, 0.2) is 0 Å². The Bertz CT molecular complexity index is 390. The lowest BCUT2D eigenvalue weighted by Crippen LogP contribution is -2.32. The summed E-state index contributed by atoms with van der Waals surface area (Å²) in [5, 5.41) is 5.94.